The van der Waals surface area contributed by atoms with Crippen LogP contribution in [0.3, 0.4) is 0 Å². The number of nitrogens with one attached hydrogen (secondary N) is 1. The lowest BCUT2D eigenvalue weighted by Crippen LogP contribution is -2.36. The number of nitrogens with zero attached hydrogens (tertiary/aromatic N) is 1. The molecule has 9 heteroatoms. The van der Waals surface area contributed by atoms with Gasteiger partial charge in [0, 0.05) is 11.0 Å². The number of rotatable bonds is 6. The summed E-state index contributed by atoms with van der Waals surface area (Å²) in [5.74, 6) is 0.734. The summed E-state index contributed by atoms with van der Waals surface area (Å²) >= 11 is 15.4. The van der Waals surface area contributed by atoms with Crippen molar-refractivity contribution >= 4 is 49.2 Å². The highest BCUT2D eigenvalue weighted by Crippen LogP contribution is 2.33. The van der Waals surface area contributed by atoms with Gasteiger partial charge in [0.1, 0.15) is 10.7 Å². The van der Waals surface area contributed by atoms with Crippen molar-refractivity contribution in [3.05, 3.63) is 50.8 Å². The Morgan fingerprint density at radius 2 is 1.88 bits per heavy atom. The molecule has 5 nitrogen and oxygen atoms in total. The maximum atomic E-state index is 12.7. The van der Waals surface area contributed by atoms with E-state index in [0.29, 0.717) is 4.47 Å². The van der Waals surface area contributed by atoms with E-state index in [-0.39, 0.29) is 27.5 Å². The van der Waals surface area contributed by atoms with E-state index < -0.39 is 10.0 Å². The first-order valence-corrected chi connectivity index (χ1v) is 10.8. The second-order valence-corrected chi connectivity index (χ2v) is 9.26. The SMILES string of the molecule is O=S(=O)(NCC(c1ccco1)N1CCCC1)c1c(Cl)cc(Br)cc1Cl. The topological polar surface area (TPSA) is 62.6 Å². The van der Waals surface area contributed by atoms with Crippen molar-refractivity contribution in [1.82, 2.24) is 9.62 Å². The zero-order chi connectivity index (χ0) is 18.0. The summed E-state index contributed by atoms with van der Waals surface area (Å²) in [5.41, 5.74) is 0. The van der Waals surface area contributed by atoms with Crippen LogP contribution >= 0.6 is 39.1 Å². The molecule has 0 radical (unpaired) electrons. The largest absolute Gasteiger partial charge is 0.468 e. The van der Waals surface area contributed by atoms with E-state index in [9.17, 15) is 8.42 Å². The lowest BCUT2D eigenvalue weighted by Gasteiger charge is -2.26. The zero-order valence-electron chi connectivity index (χ0n) is 13.2. The lowest BCUT2D eigenvalue weighted by atomic mass is 10.2. The van der Waals surface area contributed by atoms with Crippen LogP contribution in [-0.2, 0) is 10.0 Å². The molecule has 2 heterocycles. The summed E-state index contributed by atoms with van der Waals surface area (Å²) < 4.78 is 34.2. The third-order valence-corrected chi connectivity index (χ3v) is 6.95. The third-order valence-electron chi connectivity index (χ3n) is 4.15. The van der Waals surface area contributed by atoms with Crippen molar-refractivity contribution in [2.45, 2.75) is 23.8 Å². The first kappa shape index (κ1) is 19.2. The van der Waals surface area contributed by atoms with Crippen LogP contribution in [-0.4, -0.2) is 33.0 Å². The minimum atomic E-state index is -3.86. The van der Waals surface area contributed by atoms with E-state index in [0.717, 1.165) is 31.7 Å². The molecule has 1 aromatic heterocycles. The van der Waals surface area contributed by atoms with Crippen molar-refractivity contribution in [2.75, 3.05) is 19.6 Å². The molecule has 1 saturated heterocycles. The van der Waals surface area contributed by atoms with Crippen LogP contribution in [0.5, 0.6) is 0 Å². The Kier molecular flexibility index (Phi) is 6.13. The first-order chi connectivity index (χ1) is 11.9. The van der Waals surface area contributed by atoms with Gasteiger partial charge in [0.2, 0.25) is 10.0 Å². The Labute approximate surface area is 165 Å². The van der Waals surface area contributed by atoms with Crippen LogP contribution in [0.15, 0.2) is 44.3 Å². The van der Waals surface area contributed by atoms with Crippen LogP contribution in [0, 0.1) is 0 Å². The van der Waals surface area contributed by atoms with Crippen LogP contribution < -0.4 is 4.72 Å². The average Bonchev–Trinajstić information content (AvgIpc) is 3.19. The van der Waals surface area contributed by atoms with E-state index in [1.54, 1.807) is 12.3 Å². The Hall–Kier alpha value is -0.570. The molecule has 1 N–H and O–H groups in total. The molecule has 1 unspecified atom stereocenters. The monoisotopic (exact) mass is 466 g/mol. The molecule has 0 aliphatic carbocycles. The highest BCUT2D eigenvalue weighted by molar-refractivity contribution is 9.10. The lowest BCUT2D eigenvalue weighted by molar-refractivity contribution is 0.216. The van der Waals surface area contributed by atoms with Gasteiger partial charge in [-0.2, -0.15) is 0 Å². The molecule has 1 aliphatic heterocycles. The summed E-state index contributed by atoms with van der Waals surface area (Å²) in [6.07, 6.45) is 3.78. The second kappa shape index (κ2) is 7.98. The molecule has 0 saturated carbocycles. The molecule has 136 valence electrons. The fourth-order valence-electron chi connectivity index (χ4n) is 2.99. The maximum absolute atomic E-state index is 12.7. The predicted molar refractivity (Wildman–Crippen MR) is 102 cm³/mol. The van der Waals surface area contributed by atoms with Gasteiger partial charge in [0.05, 0.1) is 22.4 Å². The standard InChI is InChI=1S/C16H17BrCl2N2O3S/c17-11-8-12(18)16(13(19)9-11)25(22,23)20-10-14(15-4-3-7-24-15)21-5-1-2-6-21/h3-4,7-9,14,20H,1-2,5-6,10H2. The number of hydrogen-bond acceptors (Lipinski definition) is 4. The molecule has 0 bridgehead atoms. The molecule has 0 spiro atoms. The summed E-state index contributed by atoms with van der Waals surface area (Å²) in [6.45, 7) is 2.00. The molecule has 2 aromatic rings. The van der Waals surface area contributed by atoms with E-state index in [4.69, 9.17) is 27.6 Å². The summed E-state index contributed by atoms with van der Waals surface area (Å²) in [6, 6.07) is 6.51. The smallest absolute Gasteiger partial charge is 0.243 e. The molecule has 1 aliphatic rings. The van der Waals surface area contributed by atoms with Crippen molar-refractivity contribution < 1.29 is 12.8 Å². The van der Waals surface area contributed by atoms with Crippen LogP contribution in [0.1, 0.15) is 24.6 Å². The number of hydrogen-bond donors (Lipinski definition) is 1. The third kappa shape index (κ3) is 4.40. The normalized spacial score (nSPS) is 17.1. The summed E-state index contributed by atoms with van der Waals surface area (Å²) in [5, 5.41) is 0.144. The minimum Gasteiger partial charge on any atom is -0.468 e. The second-order valence-electron chi connectivity index (χ2n) is 5.82. The minimum absolute atomic E-state index is 0.0718. The van der Waals surface area contributed by atoms with Gasteiger partial charge in [-0.25, -0.2) is 13.1 Å². The molecular formula is C16H17BrCl2N2O3S. The van der Waals surface area contributed by atoms with E-state index in [1.807, 2.05) is 6.07 Å². The quantitative estimate of drug-likeness (QED) is 0.680. The van der Waals surface area contributed by atoms with Gasteiger partial charge in [0.15, 0.2) is 0 Å². The number of benzene rings is 1. The van der Waals surface area contributed by atoms with Gasteiger partial charge in [-0.3, -0.25) is 4.90 Å². The summed E-state index contributed by atoms with van der Waals surface area (Å²) in [7, 11) is -3.86. The Bertz CT molecular complexity index is 814. The van der Waals surface area contributed by atoms with Gasteiger partial charge < -0.3 is 4.42 Å². The molecule has 0 amide bonds. The predicted octanol–water partition coefficient (Wildman–Crippen LogP) is 4.46. The fourth-order valence-corrected chi connectivity index (χ4v) is 5.96. The number of sulfonamides is 1. The number of furan rings is 1. The molecule has 25 heavy (non-hydrogen) atoms. The molecule has 1 atom stereocenters. The van der Waals surface area contributed by atoms with Crippen molar-refractivity contribution in [1.29, 1.82) is 0 Å². The summed E-state index contributed by atoms with van der Waals surface area (Å²) in [4.78, 5) is 2.10. The van der Waals surface area contributed by atoms with E-state index in [1.165, 1.54) is 12.1 Å². The zero-order valence-corrected chi connectivity index (χ0v) is 17.1. The molecule has 1 aromatic carbocycles. The molecule has 3 rings (SSSR count). The van der Waals surface area contributed by atoms with Gasteiger partial charge >= 0.3 is 0 Å². The van der Waals surface area contributed by atoms with Gasteiger partial charge in [0.25, 0.3) is 0 Å². The van der Waals surface area contributed by atoms with Gasteiger partial charge in [-0.15, -0.1) is 0 Å². The first-order valence-electron chi connectivity index (χ1n) is 7.80. The van der Waals surface area contributed by atoms with Crippen molar-refractivity contribution in [2.24, 2.45) is 0 Å². The van der Waals surface area contributed by atoms with Crippen molar-refractivity contribution in [3.63, 3.8) is 0 Å². The highest BCUT2D eigenvalue weighted by atomic mass is 79.9. The number of likely N-dealkylation sites (tertiary alicyclic amines) is 1. The average molecular weight is 468 g/mol. The van der Waals surface area contributed by atoms with E-state index >= 15 is 0 Å². The van der Waals surface area contributed by atoms with Crippen LogP contribution in [0.2, 0.25) is 10.0 Å². The van der Waals surface area contributed by atoms with Gasteiger partial charge in [-0.05, 0) is 50.2 Å². The maximum Gasteiger partial charge on any atom is 0.243 e. The fraction of sp³-hybridized carbons (Fsp3) is 0.375. The Balaban J connectivity index is 1.83. The van der Waals surface area contributed by atoms with E-state index in [2.05, 4.69) is 25.6 Å². The van der Waals surface area contributed by atoms with Crippen LogP contribution in [0.25, 0.3) is 0 Å². The van der Waals surface area contributed by atoms with Crippen molar-refractivity contribution in [3.8, 4) is 0 Å². The molecule has 1 fully saturated rings. The molecular weight excluding hydrogens is 451 g/mol. The highest BCUT2D eigenvalue weighted by Gasteiger charge is 2.29. The van der Waals surface area contributed by atoms with Crippen LogP contribution in [0.4, 0.5) is 0 Å². The Morgan fingerprint density at radius 1 is 1.24 bits per heavy atom. The Morgan fingerprint density at radius 3 is 2.44 bits per heavy atom. The van der Waals surface area contributed by atoms with Gasteiger partial charge in [-0.1, -0.05) is 39.1 Å². The number of halogens is 3.